The maximum atomic E-state index is 12.9. The zero-order chi connectivity index (χ0) is 18.9. The lowest BCUT2D eigenvalue weighted by atomic mass is 9.76. The maximum absolute atomic E-state index is 12.9. The Kier molecular flexibility index (Phi) is 5.58. The summed E-state index contributed by atoms with van der Waals surface area (Å²) in [6.45, 7) is 5.83. The molecule has 1 aromatic rings. The first-order valence-corrected chi connectivity index (χ1v) is 10.2. The number of aromatic carboxylic acids is 1. The van der Waals surface area contributed by atoms with Crippen LogP contribution in [0.5, 0.6) is 0 Å². The van der Waals surface area contributed by atoms with Crippen molar-refractivity contribution >= 4 is 28.3 Å². The lowest BCUT2D eigenvalue weighted by Crippen LogP contribution is -2.49. The molecule has 1 fully saturated rings. The molecular weight excluding hydrogens is 350 g/mol. The third-order valence-electron chi connectivity index (χ3n) is 5.54. The third-order valence-corrected chi connectivity index (χ3v) is 6.74. The van der Waals surface area contributed by atoms with Crippen LogP contribution >= 0.6 is 11.3 Å². The highest BCUT2D eigenvalue weighted by Gasteiger charge is 2.34. The van der Waals surface area contributed by atoms with Crippen LogP contribution in [0.2, 0.25) is 0 Å². The molecule has 0 radical (unpaired) electrons. The van der Waals surface area contributed by atoms with E-state index in [-0.39, 0.29) is 17.5 Å². The monoisotopic (exact) mass is 379 g/mol. The van der Waals surface area contributed by atoms with Crippen LogP contribution < -0.4 is 10.6 Å². The molecule has 2 amide bonds. The molecule has 0 bridgehead atoms. The van der Waals surface area contributed by atoms with Gasteiger partial charge in [-0.1, -0.05) is 13.8 Å². The number of hydrogen-bond donors (Lipinski definition) is 3. The van der Waals surface area contributed by atoms with Crippen molar-refractivity contribution in [3.63, 3.8) is 0 Å². The number of piperidine rings is 1. The van der Waals surface area contributed by atoms with E-state index in [1.165, 1.54) is 11.3 Å². The molecule has 3 N–H and O–H groups in total. The van der Waals surface area contributed by atoms with Gasteiger partial charge in [0, 0.05) is 24.0 Å². The highest BCUT2D eigenvalue weighted by Crippen LogP contribution is 2.43. The number of carbonyl (C=O) groups excluding carboxylic acids is 1. The van der Waals surface area contributed by atoms with E-state index < -0.39 is 5.97 Å². The second-order valence-electron chi connectivity index (χ2n) is 8.18. The van der Waals surface area contributed by atoms with Gasteiger partial charge in [-0.2, -0.15) is 0 Å². The van der Waals surface area contributed by atoms with Gasteiger partial charge in [-0.25, -0.2) is 9.59 Å². The highest BCUT2D eigenvalue weighted by molar-refractivity contribution is 7.17. The summed E-state index contributed by atoms with van der Waals surface area (Å²) >= 11 is 1.44. The molecule has 1 aliphatic heterocycles. The number of thiophene rings is 1. The van der Waals surface area contributed by atoms with Crippen LogP contribution in [0.1, 0.15) is 60.3 Å². The summed E-state index contributed by atoms with van der Waals surface area (Å²) in [5.41, 5.74) is 1.32. The minimum atomic E-state index is -0.944. The minimum Gasteiger partial charge on any atom is -0.478 e. The number of hydrogen-bond acceptors (Lipinski definition) is 4. The Bertz CT molecular complexity index is 696. The van der Waals surface area contributed by atoms with Gasteiger partial charge in [0.25, 0.3) is 0 Å². The first-order valence-electron chi connectivity index (χ1n) is 9.42. The van der Waals surface area contributed by atoms with E-state index in [2.05, 4.69) is 24.5 Å². The fourth-order valence-corrected chi connectivity index (χ4v) is 5.32. The number of urea groups is 1. The van der Waals surface area contributed by atoms with Gasteiger partial charge >= 0.3 is 12.0 Å². The number of aryl methyl sites for hydroxylation is 1. The Morgan fingerprint density at radius 3 is 2.81 bits per heavy atom. The molecule has 144 valence electrons. The molecular formula is C19H29N3O3S. The smallest absolute Gasteiger partial charge is 0.339 e. The lowest BCUT2D eigenvalue weighted by molar-refractivity contribution is 0.0696. The Morgan fingerprint density at radius 1 is 1.35 bits per heavy atom. The van der Waals surface area contributed by atoms with Gasteiger partial charge in [0.15, 0.2) is 0 Å². The predicted molar refractivity (Wildman–Crippen MR) is 104 cm³/mol. The average molecular weight is 380 g/mol. The predicted octanol–water partition coefficient (Wildman–Crippen LogP) is 3.57. The van der Waals surface area contributed by atoms with Crippen molar-refractivity contribution in [1.82, 2.24) is 10.2 Å². The molecule has 1 atom stereocenters. The number of carbonyl (C=O) groups is 2. The third kappa shape index (κ3) is 3.88. The number of anilines is 1. The Morgan fingerprint density at radius 2 is 2.12 bits per heavy atom. The van der Waals surface area contributed by atoms with Gasteiger partial charge in [0.1, 0.15) is 5.00 Å². The van der Waals surface area contributed by atoms with E-state index in [1.54, 1.807) is 0 Å². The van der Waals surface area contributed by atoms with Crippen molar-refractivity contribution < 1.29 is 14.7 Å². The van der Waals surface area contributed by atoms with Gasteiger partial charge < -0.3 is 15.3 Å². The first-order chi connectivity index (χ1) is 12.3. The standard InChI is InChI=1S/C19H29N3O3S/c1-19(2)8-7-14-13(10-19)15(17(23)24)16(26-14)21-18(25)22-9-5-4-6-12(22)11-20-3/h12,20H,4-11H2,1-3H3,(H,21,25)(H,23,24)/t12-/m0/s1. The van der Waals surface area contributed by atoms with E-state index >= 15 is 0 Å². The summed E-state index contributed by atoms with van der Waals surface area (Å²) in [6.07, 6.45) is 5.78. The van der Waals surface area contributed by atoms with Gasteiger partial charge in [-0.05, 0) is 56.6 Å². The fourth-order valence-electron chi connectivity index (χ4n) is 4.12. The van der Waals surface area contributed by atoms with Crippen molar-refractivity contribution in [2.24, 2.45) is 5.41 Å². The summed E-state index contributed by atoms with van der Waals surface area (Å²) in [7, 11) is 1.89. The van der Waals surface area contributed by atoms with Crippen molar-refractivity contribution in [3.05, 3.63) is 16.0 Å². The van der Waals surface area contributed by atoms with E-state index in [1.807, 2.05) is 11.9 Å². The molecule has 7 heteroatoms. The molecule has 26 heavy (non-hydrogen) atoms. The van der Waals surface area contributed by atoms with Crippen molar-refractivity contribution in [3.8, 4) is 0 Å². The van der Waals surface area contributed by atoms with E-state index in [9.17, 15) is 14.7 Å². The number of rotatable bonds is 4. The van der Waals surface area contributed by atoms with E-state index in [4.69, 9.17) is 0 Å². The van der Waals surface area contributed by atoms with Gasteiger partial charge in [-0.3, -0.25) is 5.32 Å². The number of nitrogens with one attached hydrogen (secondary N) is 2. The van der Waals surface area contributed by atoms with Crippen LogP contribution in [-0.4, -0.2) is 48.2 Å². The van der Waals surface area contributed by atoms with Gasteiger partial charge in [0.05, 0.1) is 5.56 Å². The second-order valence-corrected chi connectivity index (χ2v) is 9.29. The quantitative estimate of drug-likeness (QED) is 0.747. The first kappa shape index (κ1) is 19.2. The molecule has 3 rings (SSSR count). The molecule has 1 saturated heterocycles. The number of likely N-dealkylation sites (N-methyl/N-ethyl adjacent to an activating group) is 1. The lowest BCUT2D eigenvalue weighted by Gasteiger charge is -2.35. The van der Waals surface area contributed by atoms with Crippen molar-refractivity contribution in [1.29, 1.82) is 0 Å². The van der Waals surface area contributed by atoms with Crippen LogP contribution in [0.4, 0.5) is 9.80 Å². The normalized spacial score (nSPS) is 22.0. The second kappa shape index (κ2) is 7.56. The van der Waals surface area contributed by atoms with Crippen LogP contribution in [0.3, 0.4) is 0 Å². The molecule has 2 aliphatic rings. The summed E-state index contributed by atoms with van der Waals surface area (Å²) < 4.78 is 0. The van der Waals surface area contributed by atoms with Crippen LogP contribution in [0.15, 0.2) is 0 Å². The number of fused-ring (bicyclic) bond motifs is 1. The SMILES string of the molecule is CNC[C@@H]1CCCCN1C(=O)Nc1sc2c(c1C(=O)O)CC(C)(C)CC2. The zero-order valence-electron chi connectivity index (χ0n) is 15.9. The molecule has 0 saturated carbocycles. The van der Waals surface area contributed by atoms with Gasteiger partial charge in [0.2, 0.25) is 0 Å². The highest BCUT2D eigenvalue weighted by atomic mass is 32.1. The molecule has 0 spiro atoms. The number of carboxylic acid groups (broad SMARTS) is 1. The number of carboxylic acids is 1. The van der Waals surface area contributed by atoms with Crippen molar-refractivity contribution in [2.75, 3.05) is 25.5 Å². The largest absolute Gasteiger partial charge is 0.478 e. The topological polar surface area (TPSA) is 81.7 Å². The molecule has 0 aromatic carbocycles. The molecule has 0 unspecified atom stereocenters. The average Bonchev–Trinajstić information content (AvgIpc) is 2.91. The molecule has 6 nitrogen and oxygen atoms in total. The zero-order valence-corrected chi connectivity index (χ0v) is 16.7. The molecule has 1 aliphatic carbocycles. The maximum Gasteiger partial charge on any atom is 0.339 e. The summed E-state index contributed by atoms with van der Waals surface area (Å²) in [5.74, 6) is -0.944. The van der Waals surface area contributed by atoms with Crippen LogP contribution in [0, 0.1) is 5.41 Å². The van der Waals surface area contributed by atoms with E-state index in [0.717, 1.165) is 62.1 Å². The number of likely N-dealkylation sites (tertiary alicyclic amines) is 1. The fraction of sp³-hybridized carbons (Fsp3) is 0.684. The Balaban J connectivity index is 1.84. The number of amides is 2. The van der Waals surface area contributed by atoms with E-state index in [0.29, 0.717) is 10.6 Å². The Labute approximate surface area is 159 Å². The minimum absolute atomic E-state index is 0.102. The van der Waals surface area contributed by atoms with Crippen LogP contribution in [0.25, 0.3) is 0 Å². The molecule has 2 heterocycles. The summed E-state index contributed by atoms with van der Waals surface area (Å²) in [5, 5.41) is 16.4. The molecule has 1 aromatic heterocycles. The van der Waals surface area contributed by atoms with Gasteiger partial charge in [-0.15, -0.1) is 11.3 Å². The van der Waals surface area contributed by atoms with Crippen LogP contribution in [-0.2, 0) is 12.8 Å². The Hall–Kier alpha value is -1.60. The summed E-state index contributed by atoms with van der Waals surface area (Å²) in [4.78, 5) is 27.8. The van der Waals surface area contributed by atoms with Crippen molar-refractivity contribution in [2.45, 2.75) is 58.4 Å². The number of nitrogens with zero attached hydrogens (tertiary/aromatic N) is 1. The summed E-state index contributed by atoms with van der Waals surface area (Å²) in [6, 6.07) is -0.0131.